The van der Waals surface area contributed by atoms with Crippen LogP contribution < -0.4 is 0 Å². The molecule has 160 valence electrons. The highest BCUT2D eigenvalue weighted by Gasteiger charge is 2.23. The summed E-state index contributed by atoms with van der Waals surface area (Å²) in [6.45, 7) is 0.730. The van der Waals surface area contributed by atoms with E-state index in [2.05, 4.69) is 6.08 Å². The Morgan fingerprint density at radius 2 is 1.90 bits per heavy atom. The summed E-state index contributed by atoms with van der Waals surface area (Å²) in [5.41, 5.74) is 1.13. The molecule has 1 heterocycles. The van der Waals surface area contributed by atoms with Crippen molar-refractivity contribution >= 4 is 11.9 Å². The highest BCUT2D eigenvalue weighted by atomic mass is 16.4. The fourth-order valence-electron chi connectivity index (χ4n) is 3.88. The molecular formula is C24H35NO4. The maximum atomic E-state index is 12.5. The number of amides is 1. The van der Waals surface area contributed by atoms with Gasteiger partial charge in [-0.15, -0.1) is 0 Å². The molecule has 1 aliphatic rings. The van der Waals surface area contributed by atoms with Crippen LogP contribution >= 0.6 is 0 Å². The summed E-state index contributed by atoms with van der Waals surface area (Å²) in [5, 5.41) is 19.0. The van der Waals surface area contributed by atoms with Gasteiger partial charge in [0.25, 0.3) is 0 Å². The summed E-state index contributed by atoms with van der Waals surface area (Å²) < 4.78 is 0. The van der Waals surface area contributed by atoms with E-state index >= 15 is 0 Å². The maximum absolute atomic E-state index is 12.5. The Morgan fingerprint density at radius 1 is 1.14 bits per heavy atom. The third-order valence-corrected chi connectivity index (χ3v) is 5.48. The normalized spacial score (nSPS) is 18.7. The topological polar surface area (TPSA) is 77.8 Å². The Kier molecular flexibility index (Phi) is 10.5. The summed E-state index contributed by atoms with van der Waals surface area (Å²) in [5.74, 6) is -0.528. The second kappa shape index (κ2) is 13.2. The zero-order valence-electron chi connectivity index (χ0n) is 17.3. The number of aliphatic hydroxyl groups excluding tert-OH is 1. The van der Waals surface area contributed by atoms with Crippen molar-refractivity contribution in [1.29, 1.82) is 0 Å². The third-order valence-electron chi connectivity index (χ3n) is 5.48. The summed E-state index contributed by atoms with van der Waals surface area (Å²) in [4.78, 5) is 25.1. The van der Waals surface area contributed by atoms with Crippen LogP contribution in [0.1, 0.15) is 69.8 Å². The fraction of sp³-hybridized carbons (Fsp3) is 0.583. The molecular weight excluding hydrogens is 366 g/mol. The number of carbonyl (C=O) groups excluding carboxylic acids is 1. The Morgan fingerprint density at radius 3 is 2.66 bits per heavy atom. The maximum Gasteiger partial charge on any atom is 0.303 e. The molecule has 0 spiro atoms. The highest BCUT2D eigenvalue weighted by Crippen LogP contribution is 2.20. The largest absolute Gasteiger partial charge is 0.481 e. The van der Waals surface area contributed by atoms with Gasteiger partial charge in [-0.25, -0.2) is 0 Å². The number of carboxylic acid groups (broad SMARTS) is 1. The van der Waals surface area contributed by atoms with E-state index in [9.17, 15) is 14.7 Å². The molecule has 1 amide bonds. The highest BCUT2D eigenvalue weighted by molar-refractivity contribution is 5.77. The molecule has 1 saturated heterocycles. The van der Waals surface area contributed by atoms with Crippen LogP contribution in [0.25, 0.3) is 0 Å². The van der Waals surface area contributed by atoms with E-state index in [1.165, 1.54) is 0 Å². The van der Waals surface area contributed by atoms with Crippen LogP contribution in [0.2, 0.25) is 0 Å². The van der Waals surface area contributed by atoms with Crippen LogP contribution in [0, 0.1) is 0 Å². The van der Waals surface area contributed by atoms with Gasteiger partial charge in [-0.2, -0.15) is 0 Å². The number of rotatable bonds is 12. The van der Waals surface area contributed by atoms with Crippen molar-refractivity contribution in [3.8, 4) is 0 Å². The average molecular weight is 402 g/mol. The van der Waals surface area contributed by atoms with E-state index in [-0.39, 0.29) is 18.4 Å². The van der Waals surface area contributed by atoms with Gasteiger partial charge in [-0.1, -0.05) is 61.7 Å². The minimum atomic E-state index is -0.743. The predicted molar refractivity (Wildman–Crippen MR) is 115 cm³/mol. The summed E-state index contributed by atoms with van der Waals surface area (Å²) >= 11 is 0. The Bertz CT molecular complexity index is 644. The van der Waals surface area contributed by atoms with E-state index < -0.39 is 12.1 Å². The molecule has 2 rings (SSSR count). The lowest BCUT2D eigenvalue weighted by Crippen LogP contribution is -2.38. The van der Waals surface area contributed by atoms with Gasteiger partial charge in [0.2, 0.25) is 5.91 Å². The molecule has 0 saturated carbocycles. The molecule has 2 atom stereocenters. The Hall–Kier alpha value is -2.14. The minimum Gasteiger partial charge on any atom is -0.481 e. The zero-order valence-corrected chi connectivity index (χ0v) is 17.3. The number of hydrogen-bond donors (Lipinski definition) is 2. The summed E-state index contributed by atoms with van der Waals surface area (Å²) in [6, 6.07) is 10.1. The van der Waals surface area contributed by atoms with Crippen LogP contribution in [0.4, 0.5) is 0 Å². The van der Waals surface area contributed by atoms with Gasteiger partial charge in [0.05, 0.1) is 6.10 Å². The number of unbranched alkanes of at least 4 members (excludes halogenated alkanes) is 3. The Balaban J connectivity index is 1.80. The van der Waals surface area contributed by atoms with E-state index in [0.717, 1.165) is 50.6 Å². The average Bonchev–Trinajstić information content (AvgIpc) is 2.86. The van der Waals surface area contributed by atoms with Crippen LogP contribution in [0.5, 0.6) is 0 Å². The van der Waals surface area contributed by atoms with E-state index in [1.807, 2.05) is 41.3 Å². The summed E-state index contributed by atoms with van der Waals surface area (Å²) in [7, 11) is 0. The molecule has 1 aromatic rings. The number of carbonyl (C=O) groups is 2. The first kappa shape index (κ1) is 23.1. The molecule has 2 N–H and O–H groups in total. The number of hydrogen-bond acceptors (Lipinski definition) is 3. The molecule has 0 radical (unpaired) electrons. The lowest BCUT2D eigenvalue weighted by molar-refractivity contribution is -0.137. The number of benzene rings is 1. The second-order valence-electron chi connectivity index (χ2n) is 7.97. The standard InChI is InChI=1S/C24H35NO4/c26-22(19-20-11-4-3-5-12-20)15-10-14-21-13-7-8-16-23(27)25(21)18-9-2-1-6-17-24(28)29/h3-5,10-12,14,21-22,26H,1-2,6-9,13,15-19H2,(H,28,29)/b14-10+. The van der Waals surface area contributed by atoms with E-state index in [1.54, 1.807) is 0 Å². The molecule has 0 aliphatic carbocycles. The van der Waals surface area contributed by atoms with Crippen molar-refractivity contribution in [2.75, 3.05) is 6.54 Å². The lowest BCUT2D eigenvalue weighted by Gasteiger charge is -2.28. The van der Waals surface area contributed by atoms with Crippen molar-refractivity contribution in [3.63, 3.8) is 0 Å². The zero-order chi connectivity index (χ0) is 20.9. The second-order valence-corrected chi connectivity index (χ2v) is 7.97. The molecule has 2 unspecified atom stereocenters. The van der Waals surface area contributed by atoms with Crippen LogP contribution in [0.15, 0.2) is 42.5 Å². The monoisotopic (exact) mass is 401 g/mol. The van der Waals surface area contributed by atoms with Gasteiger partial charge in [-0.3, -0.25) is 9.59 Å². The number of aliphatic hydroxyl groups is 1. The van der Waals surface area contributed by atoms with Crippen LogP contribution in [-0.2, 0) is 16.0 Å². The molecule has 29 heavy (non-hydrogen) atoms. The molecule has 0 aromatic heterocycles. The number of likely N-dealkylation sites (tertiary alicyclic amines) is 1. The first-order chi connectivity index (χ1) is 14.1. The van der Waals surface area contributed by atoms with E-state index in [0.29, 0.717) is 25.7 Å². The van der Waals surface area contributed by atoms with Crippen molar-refractivity contribution in [3.05, 3.63) is 48.0 Å². The van der Waals surface area contributed by atoms with E-state index in [4.69, 9.17) is 5.11 Å². The van der Waals surface area contributed by atoms with Crippen molar-refractivity contribution in [2.45, 2.75) is 82.8 Å². The quantitative estimate of drug-likeness (QED) is 0.403. The smallest absolute Gasteiger partial charge is 0.303 e. The SMILES string of the molecule is O=C(O)CCCCCCN1C(=O)CCCCC1/C=C/CC(O)Cc1ccccc1. The number of carboxylic acids is 1. The number of aliphatic carboxylic acids is 1. The molecule has 1 fully saturated rings. The first-order valence-corrected chi connectivity index (χ1v) is 11.0. The molecule has 5 nitrogen and oxygen atoms in total. The molecule has 5 heteroatoms. The number of nitrogens with zero attached hydrogens (tertiary/aromatic N) is 1. The predicted octanol–water partition coefficient (Wildman–Crippen LogP) is 4.34. The van der Waals surface area contributed by atoms with Crippen LogP contribution in [0.3, 0.4) is 0 Å². The molecule has 1 aliphatic heterocycles. The van der Waals surface area contributed by atoms with Gasteiger partial charge in [0, 0.05) is 25.4 Å². The van der Waals surface area contributed by atoms with Gasteiger partial charge >= 0.3 is 5.97 Å². The van der Waals surface area contributed by atoms with Gasteiger partial charge in [0.1, 0.15) is 0 Å². The van der Waals surface area contributed by atoms with Gasteiger partial charge in [0.15, 0.2) is 0 Å². The minimum absolute atomic E-state index is 0.105. The van der Waals surface area contributed by atoms with Gasteiger partial charge < -0.3 is 15.1 Å². The van der Waals surface area contributed by atoms with Crippen molar-refractivity contribution in [2.24, 2.45) is 0 Å². The molecule has 0 bridgehead atoms. The first-order valence-electron chi connectivity index (χ1n) is 11.0. The van der Waals surface area contributed by atoms with Crippen molar-refractivity contribution < 1.29 is 19.8 Å². The Labute approximate surface area is 174 Å². The third kappa shape index (κ3) is 9.27. The summed E-state index contributed by atoms with van der Waals surface area (Å²) in [6.07, 6.45) is 12.2. The van der Waals surface area contributed by atoms with Crippen LogP contribution in [-0.4, -0.2) is 45.7 Å². The fourth-order valence-corrected chi connectivity index (χ4v) is 3.88. The lowest BCUT2D eigenvalue weighted by atomic mass is 10.0. The molecule has 1 aromatic carbocycles. The van der Waals surface area contributed by atoms with Gasteiger partial charge in [-0.05, 0) is 44.1 Å². The van der Waals surface area contributed by atoms with Crippen molar-refractivity contribution in [1.82, 2.24) is 4.90 Å².